The highest BCUT2D eigenvalue weighted by molar-refractivity contribution is 7.09. The Balaban J connectivity index is 1.96. The SMILES string of the molecule is CCCC1CCC(CNC(C)(C)C)C(Cc2cccs2)C1. The summed E-state index contributed by atoms with van der Waals surface area (Å²) >= 11 is 1.94. The first-order chi connectivity index (χ1) is 9.98. The zero-order chi connectivity index (χ0) is 15.3. The van der Waals surface area contributed by atoms with Crippen LogP contribution in [0.25, 0.3) is 0 Å². The maximum atomic E-state index is 3.75. The van der Waals surface area contributed by atoms with E-state index < -0.39 is 0 Å². The van der Waals surface area contributed by atoms with Crippen molar-refractivity contribution in [3.8, 4) is 0 Å². The van der Waals surface area contributed by atoms with E-state index in [9.17, 15) is 0 Å². The molecule has 2 rings (SSSR count). The molecule has 1 aliphatic carbocycles. The molecule has 1 saturated carbocycles. The van der Waals surface area contributed by atoms with E-state index in [1.54, 1.807) is 4.88 Å². The topological polar surface area (TPSA) is 12.0 Å². The minimum atomic E-state index is 0.244. The van der Waals surface area contributed by atoms with E-state index in [0.29, 0.717) is 0 Å². The molecule has 1 aliphatic rings. The van der Waals surface area contributed by atoms with Gasteiger partial charge in [-0.3, -0.25) is 0 Å². The molecule has 1 aromatic rings. The van der Waals surface area contributed by atoms with Crippen molar-refractivity contribution in [1.82, 2.24) is 5.32 Å². The minimum absolute atomic E-state index is 0.244. The van der Waals surface area contributed by atoms with E-state index in [4.69, 9.17) is 0 Å². The molecule has 0 bridgehead atoms. The summed E-state index contributed by atoms with van der Waals surface area (Å²) < 4.78 is 0. The van der Waals surface area contributed by atoms with Gasteiger partial charge in [-0.1, -0.05) is 32.3 Å². The largest absolute Gasteiger partial charge is 0.312 e. The first-order valence-corrected chi connectivity index (χ1v) is 9.63. The summed E-state index contributed by atoms with van der Waals surface area (Å²) in [4.78, 5) is 1.58. The first-order valence-electron chi connectivity index (χ1n) is 8.75. The van der Waals surface area contributed by atoms with Crippen LogP contribution in [0, 0.1) is 17.8 Å². The summed E-state index contributed by atoms with van der Waals surface area (Å²) in [6.07, 6.45) is 8.40. The molecule has 1 fully saturated rings. The second-order valence-electron chi connectivity index (χ2n) is 7.90. The fourth-order valence-electron chi connectivity index (χ4n) is 3.74. The van der Waals surface area contributed by atoms with Crippen LogP contribution >= 0.6 is 11.3 Å². The monoisotopic (exact) mass is 307 g/mol. The highest BCUT2D eigenvalue weighted by Crippen LogP contribution is 2.38. The molecule has 1 nitrogen and oxygen atoms in total. The molecule has 2 heteroatoms. The van der Waals surface area contributed by atoms with Crippen LogP contribution in [0.4, 0.5) is 0 Å². The molecule has 0 saturated heterocycles. The summed E-state index contributed by atoms with van der Waals surface area (Å²) in [7, 11) is 0. The van der Waals surface area contributed by atoms with Crippen LogP contribution in [0.5, 0.6) is 0 Å². The molecule has 0 radical (unpaired) electrons. The average Bonchev–Trinajstić information content (AvgIpc) is 2.90. The molecule has 0 spiro atoms. The molecular formula is C19H33NS. The highest BCUT2D eigenvalue weighted by Gasteiger charge is 2.30. The van der Waals surface area contributed by atoms with Gasteiger partial charge in [-0.2, -0.15) is 0 Å². The fourth-order valence-corrected chi connectivity index (χ4v) is 4.54. The summed E-state index contributed by atoms with van der Waals surface area (Å²) in [5.41, 5.74) is 0.244. The van der Waals surface area contributed by atoms with Gasteiger partial charge in [-0.15, -0.1) is 11.3 Å². The summed E-state index contributed by atoms with van der Waals surface area (Å²) in [6, 6.07) is 4.52. The third kappa shape index (κ3) is 5.75. The van der Waals surface area contributed by atoms with Crippen LogP contribution in [0.1, 0.15) is 64.7 Å². The lowest BCUT2D eigenvalue weighted by atomic mass is 9.71. The van der Waals surface area contributed by atoms with Gasteiger partial charge in [0, 0.05) is 10.4 Å². The van der Waals surface area contributed by atoms with Gasteiger partial charge in [0.05, 0.1) is 0 Å². The molecule has 3 atom stereocenters. The number of hydrogen-bond donors (Lipinski definition) is 1. The predicted octanol–water partition coefficient (Wildman–Crippen LogP) is 5.51. The Morgan fingerprint density at radius 3 is 2.67 bits per heavy atom. The minimum Gasteiger partial charge on any atom is -0.312 e. The van der Waals surface area contributed by atoms with E-state index in [1.165, 1.54) is 45.1 Å². The molecular weight excluding hydrogens is 274 g/mol. The Kier molecular flexibility index (Phi) is 6.31. The Labute approximate surface area is 135 Å². The third-order valence-corrected chi connectivity index (χ3v) is 5.78. The Hall–Kier alpha value is -0.340. The second-order valence-corrected chi connectivity index (χ2v) is 8.93. The standard InChI is InChI=1S/C19H33NS/c1-5-7-15-9-10-16(14-20-19(2,3)4)17(12-15)13-18-8-6-11-21-18/h6,8,11,15-17,20H,5,7,9-10,12-14H2,1-4H3. The second kappa shape index (κ2) is 7.78. The molecule has 120 valence electrons. The van der Waals surface area contributed by atoms with Gasteiger partial charge in [0.15, 0.2) is 0 Å². The molecule has 1 N–H and O–H groups in total. The number of thiophene rings is 1. The lowest BCUT2D eigenvalue weighted by Gasteiger charge is -2.38. The van der Waals surface area contributed by atoms with Crippen LogP contribution in [0.3, 0.4) is 0 Å². The maximum absolute atomic E-state index is 3.75. The third-order valence-electron chi connectivity index (χ3n) is 4.88. The van der Waals surface area contributed by atoms with Crippen LogP contribution in [-0.4, -0.2) is 12.1 Å². The molecule has 3 unspecified atom stereocenters. The number of rotatable bonds is 6. The molecule has 0 aromatic carbocycles. The lowest BCUT2D eigenvalue weighted by Crippen LogP contribution is -2.42. The first kappa shape index (κ1) is 17.0. The van der Waals surface area contributed by atoms with Gasteiger partial charge in [0.1, 0.15) is 0 Å². The lowest BCUT2D eigenvalue weighted by molar-refractivity contribution is 0.160. The molecule has 1 heterocycles. The van der Waals surface area contributed by atoms with Crippen molar-refractivity contribution in [2.75, 3.05) is 6.54 Å². The van der Waals surface area contributed by atoms with Gasteiger partial charge in [-0.25, -0.2) is 0 Å². The van der Waals surface area contributed by atoms with Crippen molar-refractivity contribution in [1.29, 1.82) is 0 Å². The van der Waals surface area contributed by atoms with Gasteiger partial charge in [-0.05, 0) is 75.8 Å². The van der Waals surface area contributed by atoms with Crippen molar-refractivity contribution >= 4 is 11.3 Å². The van der Waals surface area contributed by atoms with Crippen LogP contribution in [-0.2, 0) is 6.42 Å². The molecule has 0 amide bonds. The predicted molar refractivity (Wildman–Crippen MR) is 95.0 cm³/mol. The van der Waals surface area contributed by atoms with E-state index in [1.807, 2.05) is 11.3 Å². The summed E-state index contributed by atoms with van der Waals surface area (Å²) in [5.74, 6) is 2.72. The van der Waals surface area contributed by atoms with Gasteiger partial charge in [0.2, 0.25) is 0 Å². The van der Waals surface area contributed by atoms with Crippen molar-refractivity contribution in [3.05, 3.63) is 22.4 Å². The number of hydrogen-bond acceptors (Lipinski definition) is 2. The fraction of sp³-hybridized carbons (Fsp3) is 0.789. The Morgan fingerprint density at radius 1 is 1.24 bits per heavy atom. The van der Waals surface area contributed by atoms with Crippen LogP contribution in [0.2, 0.25) is 0 Å². The van der Waals surface area contributed by atoms with Crippen molar-refractivity contribution in [3.63, 3.8) is 0 Å². The van der Waals surface area contributed by atoms with Gasteiger partial charge < -0.3 is 5.32 Å². The van der Waals surface area contributed by atoms with Crippen molar-refractivity contribution < 1.29 is 0 Å². The van der Waals surface area contributed by atoms with E-state index >= 15 is 0 Å². The van der Waals surface area contributed by atoms with Crippen molar-refractivity contribution in [2.45, 2.75) is 71.8 Å². The molecule has 21 heavy (non-hydrogen) atoms. The van der Waals surface area contributed by atoms with Crippen LogP contribution in [0.15, 0.2) is 17.5 Å². The molecule has 1 aromatic heterocycles. The van der Waals surface area contributed by atoms with Crippen LogP contribution < -0.4 is 5.32 Å². The van der Waals surface area contributed by atoms with Gasteiger partial charge in [0.25, 0.3) is 0 Å². The zero-order valence-corrected chi connectivity index (χ0v) is 15.1. The maximum Gasteiger partial charge on any atom is 0.00966 e. The zero-order valence-electron chi connectivity index (χ0n) is 14.3. The Morgan fingerprint density at radius 2 is 2.05 bits per heavy atom. The van der Waals surface area contributed by atoms with E-state index in [-0.39, 0.29) is 5.54 Å². The smallest absolute Gasteiger partial charge is 0.00966 e. The quantitative estimate of drug-likeness (QED) is 0.730. The summed E-state index contributed by atoms with van der Waals surface area (Å²) in [5, 5.41) is 5.98. The van der Waals surface area contributed by atoms with E-state index in [0.717, 1.165) is 17.8 Å². The number of nitrogens with one attached hydrogen (secondary N) is 1. The molecule has 0 aliphatic heterocycles. The average molecular weight is 308 g/mol. The van der Waals surface area contributed by atoms with Crippen molar-refractivity contribution in [2.24, 2.45) is 17.8 Å². The van der Waals surface area contributed by atoms with Gasteiger partial charge >= 0.3 is 0 Å². The summed E-state index contributed by atoms with van der Waals surface area (Å²) in [6.45, 7) is 10.4. The normalized spacial score (nSPS) is 27.0. The highest BCUT2D eigenvalue weighted by atomic mass is 32.1. The Bertz CT molecular complexity index is 390. The van der Waals surface area contributed by atoms with E-state index in [2.05, 4.69) is 50.5 Å².